The lowest BCUT2D eigenvalue weighted by atomic mass is 10.1. The van der Waals surface area contributed by atoms with Crippen LogP contribution in [0.3, 0.4) is 0 Å². The second kappa shape index (κ2) is 3.60. The van der Waals surface area contributed by atoms with Crippen LogP contribution in [0.1, 0.15) is 26.3 Å². The maximum Gasteiger partial charge on any atom is 0.213 e. The quantitative estimate of drug-likeness (QED) is 0.519. The molecule has 1 aromatic rings. The predicted octanol–water partition coefficient (Wildman–Crippen LogP) is 2.83. The van der Waals surface area contributed by atoms with E-state index in [4.69, 9.17) is 10.1 Å². The van der Waals surface area contributed by atoms with Crippen molar-refractivity contribution in [2.75, 3.05) is 0 Å². The van der Waals surface area contributed by atoms with E-state index in [-0.39, 0.29) is 11.5 Å². The summed E-state index contributed by atoms with van der Waals surface area (Å²) in [7, 11) is 0. The molecule has 0 unspecified atom stereocenters. The van der Waals surface area contributed by atoms with E-state index in [0.29, 0.717) is 0 Å². The van der Waals surface area contributed by atoms with E-state index < -0.39 is 0 Å². The summed E-state index contributed by atoms with van der Waals surface area (Å²) < 4.78 is 5.41. The summed E-state index contributed by atoms with van der Waals surface area (Å²) in [5.74, 6) is 0.230. The summed E-state index contributed by atoms with van der Waals surface area (Å²) in [5, 5.41) is 7.66. The molecule has 1 N–H and O–H groups in total. The van der Waals surface area contributed by atoms with Gasteiger partial charge in [-0.3, -0.25) is 5.41 Å². The molecule has 0 aliphatic heterocycles. The third-order valence-corrected chi connectivity index (χ3v) is 1.44. The second-order valence-corrected chi connectivity index (χ2v) is 3.91. The van der Waals surface area contributed by atoms with E-state index in [9.17, 15) is 0 Å². The standard InChI is InChI=1S/C11H15NO/c1-11(2,3)13-10(12)9-7-5-4-6-8-9/h4-8,12H,1-3H3. The minimum atomic E-state index is -0.299. The van der Waals surface area contributed by atoms with Crippen molar-refractivity contribution in [3.05, 3.63) is 35.9 Å². The van der Waals surface area contributed by atoms with Crippen LogP contribution in [0.2, 0.25) is 0 Å². The first-order valence-corrected chi connectivity index (χ1v) is 4.32. The molecule has 0 aliphatic rings. The fourth-order valence-electron chi connectivity index (χ4n) is 0.955. The molecule has 0 saturated carbocycles. The molecular weight excluding hydrogens is 162 g/mol. The fraction of sp³-hybridized carbons (Fsp3) is 0.364. The van der Waals surface area contributed by atoms with Gasteiger partial charge in [0.1, 0.15) is 5.60 Å². The topological polar surface area (TPSA) is 33.1 Å². The van der Waals surface area contributed by atoms with Crippen LogP contribution in [0.4, 0.5) is 0 Å². The normalized spacial score (nSPS) is 11.0. The predicted molar refractivity (Wildman–Crippen MR) is 54.1 cm³/mol. The van der Waals surface area contributed by atoms with Crippen LogP contribution < -0.4 is 0 Å². The zero-order valence-electron chi connectivity index (χ0n) is 8.29. The van der Waals surface area contributed by atoms with Gasteiger partial charge in [-0.25, -0.2) is 0 Å². The van der Waals surface area contributed by atoms with Gasteiger partial charge in [0.15, 0.2) is 0 Å². The monoisotopic (exact) mass is 177 g/mol. The Morgan fingerprint density at radius 1 is 1.15 bits per heavy atom. The Hall–Kier alpha value is -1.31. The molecule has 1 aromatic carbocycles. The van der Waals surface area contributed by atoms with E-state index in [0.717, 1.165) is 5.56 Å². The zero-order chi connectivity index (χ0) is 9.90. The van der Waals surface area contributed by atoms with E-state index in [1.54, 1.807) is 0 Å². The van der Waals surface area contributed by atoms with Gasteiger partial charge in [-0.15, -0.1) is 0 Å². The molecule has 2 nitrogen and oxygen atoms in total. The van der Waals surface area contributed by atoms with Crippen LogP contribution in [0.25, 0.3) is 0 Å². The smallest absolute Gasteiger partial charge is 0.213 e. The number of benzene rings is 1. The summed E-state index contributed by atoms with van der Waals surface area (Å²) in [4.78, 5) is 0. The number of rotatable bonds is 1. The van der Waals surface area contributed by atoms with Crippen molar-refractivity contribution in [2.24, 2.45) is 0 Å². The Bertz CT molecular complexity index is 285. The summed E-state index contributed by atoms with van der Waals surface area (Å²) in [6.07, 6.45) is 0. The van der Waals surface area contributed by atoms with Crippen LogP contribution in [0.5, 0.6) is 0 Å². The highest BCUT2D eigenvalue weighted by Gasteiger charge is 2.14. The molecule has 70 valence electrons. The maximum atomic E-state index is 7.66. The SMILES string of the molecule is CC(C)(C)OC(=N)c1ccccc1. The molecule has 0 heterocycles. The van der Waals surface area contributed by atoms with Gasteiger partial charge in [0, 0.05) is 5.56 Å². The fourth-order valence-corrected chi connectivity index (χ4v) is 0.955. The summed E-state index contributed by atoms with van der Waals surface area (Å²) in [6, 6.07) is 9.46. The molecule has 2 heteroatoms. The Labute approximate surface area is 79.1 Å². The molecule has 0 fully saturated rings. The van der Waals surface area contributed by atoms with Crippen molar-refractivity contribution in [2.45, 2.75) is 26.4 Å². The average molecular weight is 177 g/mol. The van der Waals surface area contributed by atoms with E-state index in [1.807, 2.05) is 51.1 Å². The first-order chi connectivity index (χ1) is 5.99. The number of nitrogens with one attached hydrogen (secondary N) is 1. The number of hydrogen-bond acceptors (Lipinski definition) is 2. The maximum absolute atomic E-state index is 7.66. The van der Waals surface area contributed by atoms with Crippen molar-refractivity contribution < 1.29 is 4.74 Å². The third kappa shape index (κ3) is 3.28. The van der Waals surface area contributed by atoms with Crippen molar-refractivity contribution in [3.63, 3.8) is 0 Å². The Kier molecular flexibility index (Phi) is 2.71. The molecular formula is C11H15NO. The van der Waals surface area contributed by atoms with E-state index in [1.165, 1.54) is 0 Å². The molecule has 0 aliphatic carbocycles. The van der Waals surface area contributed by atoms with Crippen LogP contribution in [0, 0.1) is 5.41 Å². The minimum absolute atomic E-state index is 0.230. The molecule has 0 amide bonds. The van der Waals surface area contributed by atoms with Gasteiger partial charge < -0.3 is 4.74 Å². The Morgan fingerprint density at radius 2 is 1.69 bits per heavy atom. The van der Waals surface area contributed by atoms with Crippen LogP contribution in [0.15, 0.2) is 30.3 Å². The van der Waals surface area contributed by atoms with E-state index in [2.05, 4.69) is 0 Å². The zero-order valence-corrected chi connectivity index (χ0v) is 8.29. The lowest BCUT2D eigenvalue weighted by Crippen LogP contribution is -2.23. The Morgan fingerprint density at radius 3 is 2.15 bits per heavy atom. The highest BCUT2D eigenvalue weighted by atomic mass is 16.5. The first kappa shape index (κ1) is 9.78. The highest BCUT2D eigenvalue weighted by molar-refractivity contribution is 5.91. The van der Waals surface area contributed by atoms with Crippen molar-refractivity contribution in [3.8, 4) is 0 Å². The molecule has 13 heavy (non-hydrogen) atoms. The number of hydrogen-bond donors (Lipinski definition) is 1. The van der Waals surface area contributed by atoms with E-state index >= 15 is 0 Å². The van der Waals surface area contributed by atoms with Gasteiger partial charge >= 0.3 is 0 Å². The largest absolute Gasteiger partial charge is 0.472 e. The molecule has 0 atom stereocenters. The summed E-state index contributed by atoms with van der Waals surface area (Å²) >= 11 is 0. The van der Waals surface area contributed by atoms with Crippen molar-refractivity contribution in [1.82, 2.24) is 0 Å². The van der Waals surface area contributed by atoms with Gasteiger partial charge in [0.2, 0.25) is 5.90 Å². The minimum Gasteiger partial charge on any atom is -0.472 e. The van der Waals surface area contributed by atoms with Gasteiger partial charge in [-0.1, -0.05) is 18.2 Å². The molecule has 0 saturated heterocycles. The average Bonchev–Trinajstić information content (AvgIpc) is 2.03. The lowest BCUT2D eigenvalue weighted by molar-refractivity contribution is 0.116. The third-order valence-electron chi connectivity index (χ3n) is 1.44. The molecule has 0 aromatic heterocycles. The second-order valence-electron chi connectivity index (χ2n) is 3.91. The highest BCUT2D eigenvalue weighted by Crippen LogP contribution is 2.11. The van der Waals surface area contributed by atoms with Gasteiger partial charge in [0.25, 0.3) is 0 Å². The van der Waals surface area contributed by atoms with Gasteiger partial charge in [0.05, 0.1) is 0 Å². The van der Waals surface area contributed by atoms with Crippen molar-refractivity contribution in [1.29, 1.82) is 5.41 Å². The lowest BCUT2D eigenvalue weighted by Gasteiger charge is -2.21. The van der Waals surface area contributed by atoms with Crippen LogP contribution >= 0.6 is 0 Å². The molecule has 0 spiro atoms. The molecule has 0 bridgehead atoms. The van der Waals surface area contributed by atoms with Crippen LogP contribution in [-0.4, -0.2) is 11.5 Å². The van der Waals surface area contributed by atoms with Crippen molar-refractivity contribution >= 4 is 5.90 Å². The Balaban J connectivity index is 2.71. The number of ether oxygens (including phenoxy) is 1. The van der Waals surface area contributed by atoms with Gasteiger partial charge in [-0.05, 0) is 32.9 Å². The molecule has 0 radical (unpaired) electrons. The first-order valence-electron chi connectivity index (χ1n) is 4.32. The molecule has 1 rings (SSSR count). The summed E-state index contributed by atoms with van der Waals surface area (Å²) in [5.41, 5.74) is 0.518. The summed E-state index contributed by atoms with van der Waals surface area (Å²) in [6.45, 7) is 5.80. The van der Waals surface area contributed by atoms with Crippen LogP contribution in [-0.2, 0) is 4.74 Å². The van der Waals surface area contributed by atoms with Gasteiger partial charge in [-0.2, -0.15) is 0 Å².